The molecular formula is C14H21N3. The maximum Gasteiger partial charge on any atom is 0.0371 e. The summed E-state index contributed by atoms with van der Waals surface area (Å²) in [5, 5.41) is 0. The minimum Gasteiger partial charge on any atom is -0.399 e. The van der Waals surface area contributed by atoms with Crippen LogP contribution in [0.25, 0.3) is 0 Å². The van der Waals surface area contributed by atoms with Gasteiger partial charge in [-0.3, -0.25) is 4.90 Å². The first-order chi connectivity index (χ1) is 8.24. The van der Waals surface area contributed by atoms with E-state index in [1.807, 2.05) is 6.07 Å². The van der Waals surface area contributed by atoms with Crippen LogP contribution in [-0.2, 0) is 0 Å². The summed E-state index contributed by atoms with van der Waals surface area (Å²) in [6.45, 7) is 6.95. The largest absolute Gasteiger partial charge is 0.399 e. The van der Waals surface area contributed by atoms with E-state index in [0.29, 0.717) is 0 Å². The molecule has 3 heteroatoms. The van der Waals surface area contributed by atoms with Gasteiger partial charge in [-0.1, -0.05) is 0 Å². The molecule has 2 fully saturated rings. The fourth-order valence-electron chi connectivity index (χ4n) is 3.08. The quantitative estimate of drug-likeness (QED) is 0.749. The topological polar surface area (TPSA) is 32.5 Å². The summed E-state index contributed by atoms with van der Waals surface area (Å²) in [5.41, 5.74) is 9.30. The molecule has 2 aliphatic rings. The van der Waals surface area contributed by atoms with Gasteiger partial charge in [0.15, 0.2) is 0 Å². The van der Waals surface area contributed by atoms with E-state index in [2.05, 4.69) is 28.9 Å². The number of hydrogen-bond donors (Lipinski definition) is 1. The molecule has 1 unspecified atom stereocenters. The maximum atomic E-state index is 5.88. The van der Waals surface area contributed by atoms with E-state index in [1.54, 1.807) is 0 Å². The Labute approximate surface area is 103 Å². The van der Waals surface area contributed by atoms with E-state index in [1.165, 1.54) is 43.7 Å². The first-order valence-corrected chi connectivity index (χ1v) is 6.59. The van der Waals surface area contributed by atoms with Crippen LogP contribution < -0.4 is 10.6 Å². The molecule has 0 spiro atoms. The van der Waals surface area contributed by atoms with Crippen molar-refractivity contribution in [3.63, 3.8) is 0 Å². The number of nitrogen functional groups attached to an aromatic ring is 1. The number of hydrogen-bond acceptors (Lipinski definition) is 3. The second kappa shape index (κ2) is 4.22. The van der Waals surface area contributed by atoms with Gasteiger partial charge in [0, 0.05) is 37.1 Å². The fraction of sp³-hybridized carbons (Fsp3) is 0.571. The first kappa shape index (κ1) is 10.9. The predicted octanol–water partition coefficient (Wildman–Crippen LogP) is 1.86. The zero-order chi connectivity index (χ0) is 11.8. The van der Waals surface area contributed by atoms with E-state index in [-0.39, 0.29) is 0 Å². The van der Waals surface area contributed by atoms with E-state index in [0.717, 1.165) is 18.3 Å². The molecule has 0 radical (unpaired) electrons. The number of rotatable bonds is 1. The molecule has 0 aromatic heterocycles. The van der Waals surface area contributed by atoms with Crippen LogP contribution in [0.5, 0.6) is 0 Å². The molecule has 17 heavy (non-hydrogen) atoms. The van der Waals surface area contributed by atoms with Gasteiger partial charge >= 0.3 is 0 Å². The first-order valence-electron chi connectivity index (χ1n) is 6.59. The molecule has 1 atom stereocenters. The average molecular weight is 231 g/mol. The third kappa shape index (κ3) is 2.00. The van der Waals surface area contributed by atoms with Crippen LogP contribution in [-0.4, -0.2) is 37.1 Å². The lowest BCUT2D eigenvalue weighted by atomic mass is 10.1. The zero-order valence-corrected chi connectivity index (χ0v) is 10.5. The normalized spacial score (nSPS) is 25.0. The molecule has 0 amide bonds. The molecule has 1 aromatic rings. The van der Waals surface area contributed by atoms with Crippen molar-refractivity contribution >= 4 is 11.4 Å². The number of fused-ring (bicyclic) bond motifs is 1. The Morgan fingerprint density at radius 1 is 1.24 bits per heavy atom. The van der Waals surface area contributed by atoms with E-state index in [9.17, 15) is 0 Å². The molecule has 92 valence electrons. The van der Waals surface area contributed by atoms with Gasteiger partial charge < -0.3 is 10.6 Å². The van der Waals surface area contributed by atoms with Gasteiger partial charge in [-0.05, 0) is 50.1 Å². The van der Waals surface area contributed by atoms with Crippen molar-refractivity contribution in [2.24, 2.45) is 0 Å². The zero-order valence-electron chi connectivity index (χ0n) is 10.5. The van der Waals surface area contributed by atoms with Crippen LogP contribution in [0.15, 0.2) is 18.2 Å². The summed E-state index contributed by atoms with van der Waals surface area (Å²) in [6.07, 6.45) is 2.74. The lowest BCUT2D eigenvalue weighted by Gasteiger charge is -2.39. The van der Waals surface area contributed by atoms with Gasteiger partial charge in [-0.25, -0.2) is 0 Å². The highest BCUT2D eigenvalue weighted by Gasteiger charge is 2.30. The van der Waals surface area contributed by atoms with Crippen molar-refractivity contribution in [2.45, 2.75) is 25.8 Å². The van der Waals surface area contributed by atoms with Gasteiger partial charge in [0.05, 0.1) is 0 Å². The maximum absolute atomic E-state index is 5.88. The van der Waals surface area contributed by atoms with Crippen LogP contribution in [0.4, 0.5) is 11.4 Å². The summed E-state index contributed by atoms with van der Waals surface area (Å²) >= 11 is 0. The number of anilines is 2. The number of nitrogens with zero attached hydrogens (tertiary/aromatic N) is 2. The van der Waals surface area contributed by atoms with Crippen LogP contribution in [0, 0.1) is 6.92 Å². The van der Waals surface area contributed by atoms with Gasteiger partial charge in [0.1, 0.15) is 0 Å². The third-order valence-corrected chi connectivity index (χ3v) is 4.21. The predicted molar refractivity (Wildman–Crippen MR) is 72.4 cm³/mol. The monoisotopic (exact) mass is 231 g/mol. The van der Waals surface area contributed by atoms with Crippen molar-refractivity contribution in [1.29, 1.82) is 0 Å². The Bertz CT molecular complexity index is 416. The number of piperazine rings is 1. The molecule has 0 saturated carbocycles. The minimum absolute atomic E-state index is 0.779. The number of benzene rings is 1. The summed E-state index contributed by atoms with van der Waals surface area (Å²) < 4.78 is 0. The number of nitrogens with two attached hydrogens (primary N) is 1. The van der Waals surface area contributed by atoms with Crippen molar-refractivity contribution in [1.82, 2.24) is 4.90 Å². The van der Waals surface area contributed by atoms with E-state index >= 15 is 0 Å². The van der Waals surface area contributed by atoms with E-state index < -0.39 is 0 Å². The molecule has 0 aliphatic carbocycles. The van der Waals surface area contributed by atoms with Crippen molar-refractivity contribution < 1.29 is 0 Å². The summed E-state index contributed by atoms with van der Waals surface area (Å²) in [6, 6.07) is 7.19. The van der Waals surface area contributed by atoms with Crippen molar-refractivity contribution in [2.75, 3.05) is 36.8 Å². The molecule has 2 heterocycles. The van der Waals surface area contributed by atoms with Gasteiger partial charge in [0.2, 0.25) is 0 Å². The molecular weight excluding hydrogens is 210 g/mol. The Morgan fingerprint density at radius 2 is 2.12 bits per heavy atom. The Hall–Kier alpha value is -1.22. The van der Waals surface area contributed by atoms with Gasteiger partial charge in [0.25, 0.3) is 0 Å². The Morgan fingerprint density at radius 3 is 2.94 bits per heavy atom. The lowest BCUT2D eigenvalue weighted by Crippen LogP contribution is -2.50. The third-order valence-electron chi connectivity index (χ3n) is 4.21. The second-order valence-electron chi connectivity index (χ2n) is 5.32. The fourth-order valence-corrected chi connectivity index (χ4v) is 3.08. The van der Waals surface area contributed by atoms with E-state index in [4.69, 9.17) is 5.73 Å². The molecule has 3 nitrogen and oxygen atoms in total. The minimum atomic E-state index is 0.779. The lowest BCUT2D eigenvalue weighted by molar-refractivity contribution is 0.231. The Kier molecular flexibility index (Phi) is 2.71. The van der Waals surface area contributed by atoms with Crippen molar-refractivity contribution in [3.05, 3.63) is 23.8 Å². The highest BCUT2D eigenvalue weighted by atomic mass is 15.3. The summed E-state index contributed by atoms with van der Waals surface area (Å²) in [4.78, 5) is 5.15. The SMILES string of the molecule is Cc1cc(N2CCN3CCCC3C2)ccc1N. The molecule has 3 rings (SSSR count). The Balaban J connectivity index is 1.78. The second-order valence-corrected chi connectivity index (χ2v) is 5.32. The van der Waals surface area contributed by atoms with Crippen LogP contribution >= 0.6 is 0 Å². The molecule has 2 saturated heterocycles. The molecule has 2 aliphatic heterocycles. The van der Waals surface area contributed by atoms with Crippen molar-refractivity contribution in [3.8, 4) is 0 Å². The van der Waals surface area contributed by atoms with Crippen LogP contribution in [0.2, 0.25) is 0 Å². The summed E-state index contributed by atoms with van der Waals surface area (Å²) in [5.74, 6) is 0. The highest BCUT2D eigenvalue weighted by molar-refractivity contribution is 5.58. The smallest absolute Gasteiger partial charge is 0.0371 e. The molecule has 0 bridgehead atoms. The van der Waals surface area contributed by atoms with Crippen LogP contribution in [0.3, 0.4) is 0 Å². The van der Waals surface area contributed by atoms with Gasteiger partial charge in [-0.15, -0.1) is 0 Å². The average Bonchev–Trinajstić information content (AvgIpc) is 2.79. The molecule has 2 N–H and O–H groups in total. The van der Waals surface area contributed by atoms with Gasteiger partial charge in [-0.2, -0.15) is 0 Å². The standard InChI is InChI=1S/C14H21N3/c1-11-9-12(4-5-14(11)15)17-8-7-16-6-2-3-13(16)10-17/h4-5,9,13H,2-3,6-8,10,15H2,1H3. The highest BCUT2D eigenvalue weighted by Crippen LogP contribution is 2.27. The molecule has 1 aromatic carbocycles. The van der Waals surface area contributed by atoms with Crippen LogP contribution in [0.1, 0.15) is 18.4 Å². The summed E-state index contributed by atoms with van der Waals surface area (Å²) in [7, 11) is 0. The number of aryl methyl sites for hydroxylation is 1.